The van der Waals surface area contributed by atoms with Gasteiger partial charge in [0.2, 0.25) is 5.43 Å². The molecule has 0 saturated carbocycles. The van der Waals surface area contributed by atoms with Gasteiger partial charge in [-0.25, -0.2) is 9.97 Å². The van der Waals surface area contributed by atoms with Crippen LogP contribution in [0.3, 0.4) is 0 Å². The molecule has 0 N–H and O–H groups in total. The number of aromatic nitrogens is 3. The lowest BCUT2D eigenvalue weighted by Crippen LogP contribution is -2.04. The number of nitrogens with zero attached hydrogens (tertiary/aromatic N) is 3. The van der Waals surface area contributed by atoms with Gasteiger partial charge >= 0.3 is 0 Å². The van der Waals surface area contributed by atoms with Crippen molar-refractivity contribution in [3.05, 3.63) is 204 Å². The Hall–Kier alpha value is -7.63. The average molecular weight is 748 g/mol. The minimum absolute atomic E-state index is 0.100. The van der Waals surface area contributed by atoms with Crippen molar-refractivity contribution in [2.24, 2.45) is 0 Å². The predicted molar refractivity (Wildman–Crippen MR) is 240 cm³/mol. The summed E-state index contributed by atoms with van der Waals surface area (Å²) in [7, 11) is 0. The van der Waals surface area contributed by atoms with Crippen LogP contribution in [0.1, 0.15) is 19.4 Å². The first kappa shape index (κ1) is 34.8. The van der Waals surface area contributed by atoms with Gasteiger partial charge in [0.25, 0.3) is 0 Å². The summed E-state index contributed by atoms with van der Waals surface area (Å²) < 4.78 is 9.27. The standard InChI is InChI=1S/C53H37N3O2/c1-3-16-34(4-2)37-27-29-48-44(31-37)45-32-38(28-30-49(45)56(48)39-21-12-7-13-22-39)40-23-14-24-41-50(57)42-25-15-26-43(52(42)58-51(40)41)53-54-46(35-17-8-5-9-18-35)33-47(55-53)36-19-10-6-11-20-36/h3-33H,1-2H3/b16-3-,34-4+. The molecule has 276 valence electrons. The van der Waals surface area contributed by atoms with Crippen LogP contribution in [-0.4, -0.2) is 14.5 Å². The van der Waals surface area contributed by atoms with Crippen LogP contribution in [0.25, 0.3) is 100 Å². The lowest BCUT2D eigenvalue weighted by Gasteiger charge is -2.12. The number of hydrogen-bond donors (Lipinski definition) is 0. The van der Waals surface area contributed by atoms with E-state index in [2.05, 4.69) is 90.4 Å². The molecule has 3 aromatic heterocycles. The monoisotopic (exact) mass is 747 g/mol. The lowest BCUT2D eigenvalue weighted by atomic mass is 9.98. The van der Waals surface area contributed by atoms with Gasteiger partial charge in [0.05, 0.1) is 38.8 Å². The van der Waals surface area contributed by atoms with Crippen LogP contribution in [0.5, 0.6) is 0 Å². The van der Waals surface area contributed by atoms with Gasteiger partial charge in [0.15, 0.2) is 5.82 Å². The first-order valence-corrected chi connectivity index (χ1v) is 19.5. The summed E-state index contributed by atoms with van der Waals surface area (Å²) in [6.45, 7) is 4.11. The van der Waals surface area contributed by atoms with Crippen LogP contribution in [0.2, 0.25) is 0 Å². The van der Waals surface area contributed by atoms with E-state index in [4.69, 9.17) is 14.4 Å². The Bertz CT molecular complexity index is 3250. The summed E-state index contributed by atoms with van der Waals surface area (Å²) in [6.07, 6.45) is 6.36. The Morgan fingerprint density at radius 3 is 1.72 bits per heavy atom. The van der Waals surface area contributed by atoms with E-state index in [1.54, 1.807) is 0 Å². The molecule has 3 heterocycles. The molecule has 0 radical (unpaired) electrons. The molecule has 5 heteroatoms. The highest BCUT2D eigenvalue weighted by atomic mass is 16.3. The molecule has 0 fully saturated rings. The predicted octanol–water partition coefficient (Wildman–Crippen LogP) is 13.5. The Kier molecular flexibility index (Phi) is 8.68. The molecule has 0 atom stereocenters. The second kappa shape index (κ2) is 14.5. The number of hydrogen-bond acceptors (Lipinski definition) is 4. The van der Waals surface area contributed by atoms with E-state index in [0.717, 1.165) is 72.3 Å². The maximum atomic E-state index is 14.4. The highest BCUT2D eigenvalue weighted by molar-refractivity contribution is 6.12. The van der Waals surface area contributed by atoms with E-state index in [0.29, 0.717) is 33.3 Å². The van der Waals surface area contributed by atoms with E-state index in [1.807, 2.05) is 116 Å². The SMILES string of the molecule is C/C=C\C(=C/C)c1ccc2c(c1)c1cc(-c3cccc4c(=O)c5cccc(-c6nc(-c7ccccc7)cc(-c7ccccc7)n6)c5oc34)ccc1n2-c1ccccc1. The van der Waals surface area contributed by atoms with E-state index in [9.17, 15) is 4.79 Å². The minimum atomic E-state index is -0.100. The molecule has 0 unspecified atom stereocenters. The molecule has 10 aromatic rings. The van der Waals surface area contributed by atoms with Gasteiger partial charge in [-0.3, -0.25) is 4.79 Å². The zero-order valence-electron chi connectivity index (χ0n) is 32.1. The van der Waals surface area contributed by atoms with Crippen LogP contribution in [0, 0.1) is 0 Å². The summed E-state index contributed by atoms with van der Waals surface area (Å²) in [4.78, 5) is 24.6. The average Bonchev–Trinajstić information content (AvgIpc) is 3.61. The van der Waals surface area contributed by atoms with Crippen LogP contribution in [0.15, 0.2) is 197 Å². The Morgan fingerprint density at radius 2 is 1.10 bits per heavy atom. The summed E-state index contributed by atoms with van der Waals surface area (Å²) in [5, 5.41) is 3.24. The number of para-hydroxylation sites is 3. The number of benzene rings is 7. The highest BCUT2D eigenvalue weighted by Gasteiger charge is 2.20. The van der Waals surface area contributed by atoms with Gasteiger partial charge in [-0.05, 0) is 91.2 Å². The second-order valence-electron chi connectivity index (χ2n) is 14.4. The fourth-order valence-electron chi connectivity index (χ4n) is 8.15. The summed E-state index contributed by atoms with van der Waals surface area (Å²) in [6, 6.07) is 57.3. The van der Waals surface area contributed by atoms with E-state index in [1.165, 1.54) is 0 Å². The molecule has 0 bridgehead atoms. The molecule has 0 aliphatic carbocycles. The van der Waals surface area contributed by atoms with E-state index in [-0.39, 0.29) is 5.43 Å². The molecule has 0 aliphatic rings. The minimum Gasteiger partial charge on any atom is -0.454 e. The van der Waals surface area contributed by atoms with Gasteiger partial charge in [0.1, 0.15) is 11.2 Å². The lowest BCUT2D eigenvalue weighted by molar-refractivity contribution is 0.661. The van der Waals surface area contributed by atoms with Crippen molar-refractivity contribution < 1.29 is 4.42 Å². The Labute approximate surface area is 335 Å². The molecule has 0 spiro atoms. The largest absolute Gasteiger partial charge is 0.454 e. The smallest absolute Gasteiger partial charge is 0.200 e. The quantitative estimate of drug-likeness (QED) is 0.120. The van der Waals surface area contributed by atoms with E-state index < -0.39 is 0 Å². The number of fused-ring (bicyclic) bond motifs is 5. The number of allylic oxidation sites excluding steroid dienone is 4. The third kappa shape index (κ3) is 5.92. The highest BCUT2D eigenvalue weighted by Crippen LogP contribution is 2.39. The van der Waals surface area contributed by atoms with Crippen molar-refractivity contribution in [1.82, 2.24) is 14.5 Å². The normalized spacial score (nSPS) is 12.1. The van der Waals surface area contributed by atoms with Crippen LogP contribution in [-0.2, 0) is 0 Å². The van der Waals surface area contributed by atoms with Crippen LogP contribution >= 0.6 is 0 Å². The molecular formula is C53H37N3O2. The molecule has 5 nitrogen and oxygen atoms in total. The fraction of sp³-hybridized carbons (Fsp3) is 0.0377. The zero-order valence-corrected chi connectivity index (χ0v) is 32.1. The van der Waals surface area contributed by atoms with Crippen molar-refractivity contribution >= 4 is 49.3 Å². The second-order valence-corrected chi connectivity index (χ2v) is 14.4. The van der Waals surface area contributed by atoms with Gasteiger partial charge in [-0.1, -0.05) is 127 Å². The third-order valence-electron chi connectivity index (χ3n) is 10.9. The van der Waals surface area contributed by atoms with Crippen molar-refractivity contribution in [2.45, 2.75) is 13.8 Å². The van der Waals surface area contributed by atoms with Crippen molar-refractivity contribution in [2.75, 3.05) is 0 Å². The van der Waals surface area contributed by atoms with Crippen LogP contribution < -0.4 is 5.43 Å². The van der Waals surface area contributed by atoms with E-state index >= 15 is 0 Å². The van der Waals surface area contributed by atoms with Crippen molar-refractivity contribution in [3.8, 4) is 50.7 Å². The molecule has 0 amide bonds. The summed E-state index contributed by atoms with van der Waals surface area (Å²) >= 11 is 0. The van der Waals surface area contributed by atoms with Crippen molar-refractivity contribution in [1.29, 1.82) is 0 Å². The maximum Gasteiger partial charge on any atom is 0.200 e. The van der Waals surface area contributed by atoms with Gasteiger partial charge in [-0.2, -0.15) is 0 Å². The first-order valence-electron chi connectivity index (χ1n) is 19.5. The third-order valence-corrected chi connectivity index (χ3v) is 10.9. The topological polar surface area (TPSA) is 60.9 Å². The fourth-order valence-corrected chi connectivity index (χ4v) is 8.15. The Morgan fingerprint density at radius 1 is 0.534 bits per heavy atom. The molecule has 10 rings (SSSR count). The Balaban J connectivity index is 1.21. The molecule has 0 aliphatic heterocycles. The zero-order chi connectivity index (χ0) is 39.2. The summed E-state index contributed by atoms with van der Waals surface area (Å²) in [5.74, 6) is 0.482. The van der Waals surface area contributed by atoms with Gasteiger partial charge in [-0.15, -0.1) is 0 Å². The molecular weight excluding hydrogens is 711 g/mol. The number of rotatable bonds is 7. The maximum absolute atomic E-state index is 14.4. The molecule has 58 heavy (non-hydrogen) atoms. The van der Waals surface area contributed by atoms with Crippen molar-refractivity contribution in [3.63, 3.8) is 0 Å². The molecule has 0 saturated heterocycles. The summed E-state index contributed by atoms with van der Waals surface area (Å²) in [5.41, 5.74) is 12.4. The van der Waals surface area contributed by atoms with Gasteiger partial charge in [0, 0.05) is 33.2 Å². The molecule has 7 aromatic carbocycles. The van der Waals surface area contributed by atoms with Crippen LogP contribution in [0.4, 0.5) is 0 Å². The van der Waals surface area contributed by atoms with Gasteiger partial charge < -0.3 is 8.98 Å². The first-order chi connectivity index (χ1) is 28.6.